The first-order valence-electron chi connectivity index (χ1n) is 5.33. The topological polar surface area (TPSA) is 9.23 Å². The van der Waals surface area contributed by atoms with E-state index < -0.39 is 6.36 Å². The lowest BCUT2D eigenvalue weighted by atomic mass is 9.87. The smallest absolute Gasteiger partial charge is 0.215 e. The first-order chi connectivity index (χ1) is 8.13. The van der Waals surface area contributed by atoms with Crippen LogP contribution in [0.15, 0.2) is 29.7 Å². The molecule has 0 aromatic heterocycles. The van der Waals surface area contributed by atoms with Crippen molar-refractivity contribution < 1.29 is 17.4 Å². The van der Waals surface area contributed by atoms with E-state index in [2.05, 4.69) is 10.8 Å². The van der Waals surface area contributed by atoms with E-state index >= 15 is 0 Å². The number of alkyl halides is 3. The highest BCUT2D eigenvalue weighted by Crippen LogP contribution is 2.34. The molecule has 0 saturated carbocycles. The number of hydrogen-bond acceptors (Lipinski definition) is 2. The van der Waals surface area contributed by atoms with E-state index in [0.29, 0.717) is 22.5 Å². The van der Waals surface area contributed by atoms with Gasteiger partial charge in [-0.3, -0.25) is 0 Å². The summed E-state index contributed by atoms with van der Waals surface area (Å²) in [5.41, 5.74) is 1.44. The van der Waals surface area contributed by atoms with E-state index in [1.807, 2.05) is 26.8 Å². The summed E-state index contributed by atoms with van der Waals surface area (Å²) >= 11 is 0.313. The van der Waals surface area contributed by atoms with Crippen LogP contribution in [-0.2, 0) is 9.60 Å². The Morgan fingerprint density at radius 1 is 1.22 bits per heavy atom. The highest BCUT2D eigenvalue weighted by atomic mass is 32.2. The number of halogens is 3. The van der Waals surface area contributed by atoms with Crippen molar-refractivity contribution in [2.24, 2.45) is 0 Å². The highest BCUT2D eigenvalue weighted by Gasteiger charge is 2.30. The molecule has 0 saturated heterocycles. The molecule has 0 fully saturated rings. The molecule has 0 bridgehead atoms. The van der Waals surface area contributed by atoms with E-state index in [1.54, 1.807) is 12.1 Å². The van der Waals surface area contributed by atoms with Crippen molar-refractivity contribution >= 4 is 18.1 Å². The predicted octanol–water partition coefficient (Wildman–Crippen LogP) is 5.17. The van der Waals surface area contributed by atoms with Gasteiger partial charge in [-0.25, -0.2) is 4.18 Å². The Bertz CT molecular complexity index is 433. The Balaban J connectivity index is 3.03. The minimum atomic E-state index is -4.65. The fourth-order valence-corrected chi connectivity index (χ4v) is 1.94. The molecule has 1 aromatic carbocycles. The summed E-state index contributed by atoms with van der Waals surface area (Å²) in [6, 6.07) is 5.33. The van der Waals surface area contributed by atoms with E-state index in [0.717, 1.165) is 5.56 Å². The van der Waals surface area contributed by atoms with Crippen LogP contribution in [0, 0.1) is 0 Å². The van der Waals surface area contributed by atoms with Gasteiger partial charge in [0.2, 0.25) is 0 Å². The molecule has 1 nitrogen and oxygen atoms in total. The van der Waals surface area contributed by atoms with Gasteiger partial charge in [0.05, 0.1) is 0 Å². The van der Waals surface area contributed by atoms with Crippen molar-refractivity contribution in [3.63, 3.8) is 0 Å². The van der Waals surface area contributed by atoms with Crippen molar-refractivity contribution in [1.29, 1.82) is 0 Å². The average molecular weight is 276 g/mol. The fraction of sp³-hybridized carbons (Fsp3) is 0.385. The zero-order valence-electron chi connectivity index (χ0n) is 10.5. The van der Waals surface area contributed by atoms with Gasteiger partial charge >= 0.3 is 6.36 Å². The molecule has 0 heterocycles. The van der Waals surface area contributed by atoms with Crippen molar-refractivity contribution in [2.75, 3.05) is 0 Å². The second-order valence-corrected chi connectivity index (χ2v) is 5.59. The predicted molar refractivity (Wildman–Crippen MR) is 68.2 cm³/mol. The Morgan fingerprint density at radius 2 is 1.83 bits per heavy atom. The van der Waals surface area contributed by atoms with Gasteiger partial charge in [0, 0.05) is 16.9 Å². The summed E-state index contributed by atoms with van der Waals surface area (Å²) in [7, 11) is 0. The Hall–Kier alpha value is -0.940. The summed E-state index contributed by atoms with van der Waals surface area (Å²) in [4.78, 5) is 0.412. The van der Waals surface area contributed by atoms with Gasteiger partial charge in [0.25, 0.3) is 0 Å². The lowest BCUT2D eigenvalue weighted by Crippen LogP contribution is -2.11. The average Bonchev–Trinajstić information content (AvgIpc) is 2.23. The molecule has 0 radical (unpaired) electrons. The van der Waals surface area contributed by atoms with Gasteiger partial charge in [0.1, 0.15) is 0 Å². The van der Waals surface area contributed by atoms with Crippen LogP contribution in [0.2, 0.25) is 0 Å². The molecule has 0 aliphatic carbocycles. The first-order valence-corrected chi connectivity index (χ1v) is 6.07. The Morgan fingerprint density at radius 3 is 2.28 bits per heavy atom. The lowest BCUT2D eigenvalue weighted by Gasteiger charge is -2.20. The van der Waals surface area contributed by atoms with Crippen LogP contribution in [0.3, 0.4) is 0 Å². The molecule has 0 spiro atoms. The molecule has 18 heavy (non-hydrogen) atoms. The third-order valence-corrected chi connectivity index (χ3v) is 3.13. The van der Waals surface area contributed by atoms with E-state index in [9.17, 15) is 13.2 Å². The number of benzene rings is 1. The normalized spacial score (nSPS) is 12.6. The summed E-state index contributed by atoms with van der Waals surface area (Å²) in [6.45, 7) is 9.56. The molecule has 100 valence electrons. The van der Waals surface area contributed by atoms with Crippen molar-refractivity contribution in [2.45, 2.75) is 37.4 Å². The third-order valence-electron chi connectivity index (χ3n) is 2.33. The molecule has 0 amide bonds. The van der Waals surface area contributed by atoms with Crippen LogP contribution in [0.5, 0.6) is 0 Å². The zero-order valence-corrected chi connectivity index (χ0v) is 11.3. The van der Waals surface area contributed by atoms with Crippen LogP contribution < -0.4 is 0 Å². The first kappa shape index (κ1) is 15.1. The van der Waals surface area contributed by atoms with Gasteiger partial charge in [-0.1, -0.05) is 45.6 Å². The zero-order chi connectivity index (χ0) is 14.0. The maximum Gasteiger partial charge on any atom is 0.533 e. The monoisotopic (exact) mass is 276 g/mol. The minimum Gasteiger partial charge on any atom is -0.215 e. The molecule has 0 atom stereocenters. The Kier molecular flexibility index (Phi) is 4.50. The third kappa shape index (κ3) is 4.38. The van der Waals surface area contributed by atoms with Gasteiger partial charge in [-0.2, -0.15) is 0 Å². The van der Waals surface area contributed by atoms with Crippen LogP contribution in [-0.4, -0.2) is 6.36 Å². The standard InChI is InChI=1S/C13H15F3OS/c1-5-9-6-7-10(12(2,3)4)8-11(9)18-17-13(14,15)16/h5-8H,1H2,2-4H3. The van der Waals surface area contributed by atoms with E-state index in [-0.39, 0.29) is 5.41 Å². The molecule has 0 unspecified atom stereocenters. The summed E-state index contributed by atoms with van der Waals surface area (Å²) in [5, 5.41) is 0. The molecule has 0 aliphatic rings. The van der Waals surface area contributed by atoms with Crippen LogP contribution in [0.25, 0.3) is 6.08 Å². The Labute approximate surface area is 109 Å². The molecule has 0 N–H and O–H groups in total. The van der Waals surface area contributed by atoms with Gasteiger partial charge in [0.15, 0.2) is 0 Å². The second kappa shape index (κ2) is 5.36. The maximum absolute atomic E-state index is 12.0. The number of hydrogen-bond donors (Lipinski definition) is 0. The largest absolute Gasteiger partial charge is 0.533 e. The van der Waals surface area contributed by atoms with Crippen LogP contribution in [0.4, 0.5) is 13.2 Å². The van der Waals surface area contributed by atoms with Gasteiger partial charge < -0.3 is 0 Å². The summed E-state index contributed by atoms with van der Waals surface area (Å²) in [6.07, 6.45) is -3.14. The highest BCUT2D eigenvalue weighted by molar-refractivity contribution is 7.94. The molecule has 0 aliphatic heterocycles. The second-order valence-electron chi connectivity index (χ2n) is 4.82. The van der Waals surface area contributed by atoms with Crippen LogP contribution in [0.1, 0.15) is 31.9 Å². The molecule has 1 aromatic rings. The summed E-state index contributed by atoms with van der Waals surface area (Å²) in [5.74, 6) is 0. The fourth-order valence-electron chi connectivity index (χ4n) is 1.33. The molecule has 5 heteroatoms. The minimum absolute atomic E-state index is 0.132. The van der Waals surface area contributed by atoms with Crippen molar-refractivity contribution in [3.05, 3.63) is 35.9 Å². The van der Waals surface area contributed by atoms with Crippen molar-refractivity contribution in [3.8, 4) is 0 Å². The molecular formula is C13H15F3OS. The maximum atomic E-state index is 12.0. The van der Waals surface area contributed by atoms with E-state index in [4.69, 9.17) is 0 Å². The lowest BCUT2D eigenvalue weighted by molar-refractivity contribution is -0.266. The SMILES string of the molecule is C=Cc1ccc(C(C)(C)C)cc1SOC(F)(F)F. The van der Waals surface area contributed by atoms with Crippen molar-refractivity contribution in [1.82, 2.24) is 0 Å². The van der Waals surface area contributed by atoms with E-state index in [1.165, 1.54) is 6.08 Å². The molecular weight excluding hydrogens is 261 g/mol. The van der Waals surface area contributed by atoms with Gasteiger partial charge in [-0.15, -0.1) is 13.2 Å². The van der Waals surface area contributed by atoms with Crippen LogP contribution >= 0.6 is 12.0 Å². The quantitative estimate of drug-likeness (QED) is 0.704. The van der Waals surface area contributed by atoms with Gasteiger partial charge in [-0.05, 0) is 22.6 Å². The summed E-state index contributed by atoms with van der Waals surface area (Å²) < 4.78 is 39.9. The molecule has 1 rings (SSSR count). The number of rotatable bonds is 3.